The largest absolute Gasteiger partial charge is 0.481 e. The van der Waals surface area contributed by atoms with Gasteiger partial charge in [-0.25, -0.2) is 0 Å². The molecule has 14 heavy (non-hydrogen) atoms. The predicted molar refractivity (Wildman–Crippen MR) is 55.3 cm³/mol. The molecule has 0 bridgehead atoms. The van der Waals surface area contributed by atoms with Crippen molar-refractivity contribution < 1.29 is 9.90 Å². The van der Waals surface area contributed by atoms with E-state index < -0.39 is 5.97 Å². The minimum atomic E-state index is -0.840. The highest BCUT2D eigenvalue weighted by Gasteiger charge is 2.10. The first kappa shape index (κ1) is 11.0. The maximum Gasteiger partial charge on any atom is 0.303 e. The number of carbonyl (C=O) groups is 1. The maximum atomic E-state index is 10.3. The fourth-order valence-corrected chi connectivity index (χ4v) is 1.49. The predicted octanol–water partition coefficient (Wildman–Crippen LogP) is 2.20. The summed E-state index contributed by atoms with van der Waals surface area (Å²) in [5.41, 5.74) is 6.60. The molecule has 0 unspecified atom stereocenters. The van der Waals surface area contributed by atoms with Crippen LogP contribution in [0.2, 0.25) is 5.02 Å². The summed E-state index contributed by atoms with van der Waals surface area (Å²) in [6.45, 7) is 0. The number of nitrogens with two attached hydrogens (primary N) is 1. The van der Waals surface area contributed by atoms with Crippen molar-refractivity contribution in [3.8, 4) is 0 Å². The third-order valence-electron chi connectivity index (χ3n) is 1.97. The van der Waals surface area contributed by atoms with Crippen LogP contribution in [0.15, 0.2) is 24.3 Å². The number of hydrogen-bond acceptors (Lipinski definition) is 2. The number of hydrogen-bond donors (Lipinski definition) is 2. The Balaban J connectivity index is 2.65. The van der Waals surface area contributed by atoms with E-state index in [1.165, 1.54) is 0 Å². The van der Waals surface area contributed by atoms with Crippen LogP contribution in [0.5, 0.6) is 0 Å². The molecule has 0 aliphatic carbocycles. The molecule has 0 aromatic heterocycles. The van der Waals surface area contributed by atoms with Gasteiger partial charge in [-0.05, 0) is 18.1 Å². The monoisotopic (exact) mass is 213 g/mol. The van der Waals surface area contributed by atoms with E-state index in [4.69, 9.17) is 22.4 Å². The van der Waals surface area contributed by atoms with E-state index >= 15 is 0 Å². The quantitative estimate of drug-likeness (QED) is 0.806. The molecule has 0 spiro atoms. The van der Waals surface area contributed by atoms with Crippen molar-refractivity contribution >= 4 is 17.6 Å². The van der Waals surface area contributed by atoms with E-state index in [1.54, 1.807) is 6.07 Å². The molecule has 0 saturated heterocycles. The molecular weight excluding hydrogens is 202 g/mol. The van der Waals surface area contributed by atoms with Gasteiger partial charge in [0.2, 0.25) is 0 Å². The standard InChI is InChI=1S/C10H12ClNO2/c11-8-4-2-1-3-7(8)9(12)5-6-10(13)14/h1-4,9H,5-6,12H2,(H,13,14)/t9-/m0/s1. The van der Waals surface area contributed by atoms with Crippen molar-refractivity contribution in [3.05, 3.63) is 34.9 Å². The summed E-state index contributed by atoms with van der Waals surface area (Å²) < 4.78 is 0. The first-order chi connectivity index (χ1) is 6.61. The average Bonchev–Trinajstić information content (AvgIpc) is 2.15. The van der Waals surface area contributed by atoms with Gasteiger partial charge in [0.15, 0.2) is 0 Å². The second-order valence-corrected chi connectivity index (χ2v) is 3.47. The Morgan fingerprint density at radius 2 is 2.14 bits per heavy atom. The highest BCUT2D eigenvalue weighted by molar-refractivity contribution is 6.31. The Morgan fingerprint density at radius 1 is 1.50 bits per heavy atom. The van der Waals surface area contributed by atoms with Crippen molar-refractivity contribution in [1.82, 2.24) is 0 Å². The van der Waals surface area contributed by atoms with E-state index in [2.05, 4.69) is 0 Å². The molecule has 0 fully saturated rings. The molecule has 76 valence electrons. The van der Waals surface area contributed by atoms with Gasteiger partial charge in [-0.15, -0.1) is 0 Å². The number of carboxylic acid groups (broad SMARTS) is 1. The van der Waals surface area contributed by atoms with Crippen LogP contribution in [0.25, 0.3) is 0 Å². The third-order valence-corrected chi connectivity index (χ3v) is 2.32. The molecule has 1 rings (SSSR count). The Bertz CT molecular complexity index is 328. The Hall–Kier alpha value is -1.06. The van der Waals surface area contributed by atoms with Crippen LogP contribution in [0.1, 0.15) is 24.4 Å². The minimum absolute atomic E-state index is 0.0619. The van der Waals surface area contributed by atoms with Gasteiger partial charge in [-0.2, -0.15) is 0 Å². The van der Waals surface area contributed by atoms with Gasteiger partial charge in [-0.3, -0.25) is 4.79 Å². The second kappa shape index (κ2) is 4.98. The number of carboxylic acids is 1. The zero-order chi connectivity index (χ0) is 10.6. The molecular formula is C10H12ClNO2. The summed E-state index contributed by atoms with van der Waals surface area (Å²) in [6.07, 6.45) is 0.464. The number of rotatable bonds is 4. The van der Waals surface area contributed by atoms with E-state index in [-0.39, 0.29) is 12.5 Å². The summed E-state index contributed by atoms with van der Waals surface area (Å²) in [6, 6.07) is 6.91. The van der Waals surface area contributed by atoms with Crippen molar-refractivity contribution in [1.29, 1.82) is 0 Å². The molecule has 1 atom stereocenters. The smallest absolute Gasteiger partial charge is 0.303 e. The zero-order valence-electron chi connectivity index (χ0n) is 7.61. The molecule has 4 heteroatoms. The SMILES string of the molecule is N[C@@H](CCC(=O)O)c1ccccc1Cl. The highest BCUT2D eigenvalue weighted by Crippen LogP contribution is 2.23. The van der Waals surface area contributed by atoms with Crippen molar-refractivity contribution in [2.24, 2.45) is 5.73 Å². The zero-order valence-corrected chi connectivity index (χ0v) is 8.37. The van der Waals surface area contributed by atoms with Crippen molar-refractivity contribution in [2.45, 2.75) is 18.9 Å². The Morgan fingerprint density at radius 3 is 2.71 bits per heavy atom. The molecule has 0 heterocycles. The van der Waals surface area contributed by atoms with Crippen molar-refractivity contribution in [2.75, 3.05) is 0 Å². The topological polar surface area (TPSA) is 63.3 Å². The van der Waals surface area contributed by atoms with Crippen LogP contribution >= 0.6 is 11.6 Å². The summed E-state index contributed by atoms with van der Waals surface area (Å²) in [7, 11) is 0. The Labute approximate surface area is 87.5 Å². The lowest BCUT2D eigenvalue weighted by Gasteiger charge is -2.11. The molecule has 0 aliphatic heterocycles. The van der Waals surface area contributed by atoms with Crippen LogP contribution in [0, 0.1) is 0 Å². The maximum absolute atomic E-state index is 10.3. The summed E-state index contributed by atoms with van der Waals surface area (Å²) >= 11 is 5.91. The first-order valence-corrected chi connectivity index (χ1v) is 4.71. The second-order valence-electron chi connectivity index (χ2n) is 3.06. The van der Waals surface area contributed by atoms with Gasteiger partial charge in [0.05, 0.1) is 0 Å². The molecule has 1 aromatic carbocycles. The van der Waals surface area contributed by atoms with Crippen molar-refractivity contribution in [3.63, 3.8) is 0 Å². The van der Waals surface area contributed by atoms with Crippen LogP contribution in [0.4, 0.5) is 0 Å². The van der Waals surface area contributed by atoms with Gasteiger partial charge in [0.1, 0.15) is 0 Å². The molecule has 1 aromatic rings. The lowest BCUT2D eigenvalue weighted by molar-refractivity contribution is -0.137. The van der Waals surface area contributed by atoms with Gasteiger partial charge in [0.25, 0.3) is 0 Å². The van der Waals surface area contributed by atoms with Gasteiger partial charge in [-0.1, -0.05) is 29.8 Å². The van der Waals surface area contributed by atoms with Crippen LogP contribution in [-0.4, -0.2) is 11.1 Å². The van der Waals surface area contributed by atoms with Crippen LogP contribution < -0.4 is 5.73 Å². The molecule has 3 nitrogen and oxygen atoms in total. The van der Waals surface area contributed by atoms with E-state index in [0.717, 1.165) is 5.56 Å². The highest BCUT2D eigenvalue weighted by atomic mass is 35.5. The first-order valence-electron chi connectivity index (χ1n) is 4.33. The fourth-order valence-electron chi connectivity index (χ4n) is 1.21. The molecule has 0 saturated carbocycles. The summed E-state index contributed by atoms with van der Waals surface area (Å²) in [5.74, 6) is -0.840. The van der Waals surface area contributed by atoms with E-state index in [9.17, 15) is 4.79 Å². The van der Waals surface area contributed by atoms with Gasteiger partial charge < -0.3 is 10.8 Å². The minimum Gasteiger partial charge on any atom is -0.481 e. The molecule has 0 radical (unpaired) electrons. The number of halogens is 1. The lowest BCUT2D eigenvalue weighted by Crippen LogP contribution is -2.12. The molecule has 0 amide bonds. The third kappa shape index (κ3) is 3.01. The summed E-state index contributed by atoms with van der Waals surface area (Å²) in [4.78, 5) is 10.3. The Kier molecular flexibility index (Phi) is 3.92. The van der Waals surface area contributed by atoms with E-state index in [1.807, 2.05) is 18.2 Å². The normalized spacial score (nSPS) is 12.4. The average molecular weight is 214 g/mol. The molecule has 0 aliphatic rings. The van der Waals surface area contributed by atoms with Gasteiger partial charge in [0, 0.05) is 17.5 Å². The fraction of sp³-hybridized carbons (Fsp3) is 0.300. The van der Waals surface area contributed by atoms with Crippen LogP contribution in [0.3, 0.4) is 0 Å². The van der Waals surface area contributed by atoms with Crippen LogP contribution in [-0.2, 0) is 4.79 Å². The lowest BCUT2D eigenvalue weighted by atomic mass is 10.0. The summed E-state index contributed by atoms with van der Waals surface area (Å²) in [5, 5.41) is 9.08. The molecule has 3 N–H and O–H groups in total. The van der Waals surface area contributed by atoms with E-state index in [0.29, 0.717) is 11.4 Å². The number of aliphatic carboxylic acids is 1. The number of benzene rings is 1. The van der Waals surface area contributed by atoms with Gasteiger partial charge >= 0.3 is 5.97 Å².